The van der Waals surface area contributed by atoms with Crippen LogP contribution in [-0.4, -0.2) is 41.4 Å². The highest BCUT2D eigenvalue weighted by Crippen LogP contribution is 2.33. The minimum Gasteiger partial charge on any atom is -0.482 e. The maximum atomic E-state index is 14.1. The van der Waals surface area contributed by atoms with Crippen molar-refractivity contribution in [2.24, 2.45) is 0 Å². The molecule has 4 rings (SSSR count). The quantitative estimate of drug-likeness (QED) is 0.594. The Kier molecular flexibility index (Phi) is 6.70. The van der Waals surface area contributed by atoms with Crippen LogP contribution in [0.15, 0.2) is 30.0 Å². The molecule has 1 heterocycles. The lowest BCUT2D eigenvalue weighted by molar-refractivity contribution is -0.152. The number of carbonyl (C=O) groups is 2. The van der Waals surface area contributed by atoms with Crippen LogP contribution in [0.2, 0.25) is 0 Å². The number of morpholine rings is 1. The van der Waals surface area contributed by atoms with Gasteiger partial charge >= 0.3 is 0 Å². The predicted molar refractivity (Wildman–Crippen MR) is 113 cm³/mol. The Morgan fingerprint density at radius 2 is 1.77 bits per heavy atom. The minimum absolute atomic E-state index is 0.0362. The van der Waals surface area contributed by atoms with Crippen LogP contribution < -0.4 is 5.32 Å². The van der Waals surface area contributed by atoms with Gasteiger partial charge in [0.25, 0.3) is 5.91 Å². The zero-order valence-corrected chi connectivity index (χ0v) is 17.4. The van der Waals surface area contributed by atoms with Gasteiger partial charge in [-0.1, -0.05) is 50.3 Å². The molecule has 162 valence electrons. The molecule has 1 aromatic rings. The first-order chi connectivity index (χ1) is 14.6. The first-order valence-corrected chi connectivity index (χ1v) is 11.3. The number of nitrogens with zero attached hydrogens (tertiary/aromatic N) is 1. The summed E-state index contributed by atoms with van der Waals surface area (Å²) >= 11 is 0. The third-order valence-corrected chi connectivity index (χ3v) is 6.54. The van der Waals surface area contributed by atoms with Crippen LogP contribution in [-0.2, 0) is 14.3 Å². The number of fused-ring (bicyclic) bond motifs is 1. The largest absolute Gasteiger partial charge is 0.482 e. The number of benzene rings is 1. The number of carbonyl (C=O) groups excluding carboxylic acids is 2. The third-order valence-electron chi connectivity index (χ3n) is 6.54. The summed E-state index contributed by atoms with van der Waals surface area (Å²) in [5.74, 6) is -0.695. The molecule has 0 aromatic heterocycles. The van der Waals surface area contributed by atoms with Gasteiger partial charge in [0, 0.05) is 11.6 Å². The van der Waals surface area contributed by atoms with E-state index in [1.807, 2.05) is 0 Å². The van der Waals surface area contributed by atoms with Gasteiger partial charge in [-0.2, -0.15) is 0 Å². The molecule has 5 nitrogen and oxygen atoms in total. The summed E-state index contributed by atoms with van der Waals surface area (Å²) in [6.07, 6.45) is 11.8. The van der Waals surface area contributed by atoms with Gasteiger partial charge in [0.1, 0.15) is 18.5 Å². The molecule has 2 saturated carbocycles. The summed E-state index contributed by atoms with van der Waals surface area (Å²) in [6, 6.07) is 6.43. The number of hydrogen-bond donors (Lipinski definition) is 1. The Morgan fingerprint density at radius 3 is 2.53 bits per heavy atom. The van der Waals surface area contributed by atoms with Crippen molar-refractivity contribution < 1.29 is 18.7 Å². The molecule has 0 radical (unpaired) electrons. The molecule has 0 bridgehead atoms. The van der Waals surface area contributed by atoms with E-state index in [9.17, 15) is 14.0 Å². The fourth-order valence-corrected chi connectivity index (χ4v) is 4.95. The Bertz CT molecular complexity index is 801. The summed E-state index contributed by atoms with van der Waals surface area (Å²) < 4.78 is 20.1. The van der Waals surface area contributed by atoms with Gasteiger partial charge in [0.15, 0.2) is 5.76 Å². The fourth-order valence-electron chi connectivity index (χ4n) is 4.95. The van der Waals surface area contributed by atoms with Crippen molar-refractivity contribution in [1.82, 2.24) is 10.2 Å². The molecule has 6 heteroatoms. The van der Waals surface area contributed by atoms with E-state index in [0.717, 1.165) is 51.4 Å². The summed E-state index contributed by atoms with van der Waals surface area (Å²) in [6.45, 7) is 0.0362. The van der Waals surface area contributed by atoms with E-state index in [2.05, 4.69) is 5.32 Å². The van der Waals surface area contributed by atoms with Crippen LogP contribution >= 0.6 is 0 Å². The molecule has 2 amide bonds. The lowest BCUT2D eigenvalue weighted by atomic mass is 9.89. The number of ether oxygens (including phenoxy) is 1. The van der Waals surface area contributed by atoms with Gasteiger partial charge in [-0.05, 0) is 44.2 Å². The normalized spacial score (nSPS) is 26.6. The van der Waals surface area contributed by atoms with E-state index in [0.29, 0.717) is 5.56 Å². The molecule has 2 atom stereocenters. The van der Waals surface area contributed by atoms with Crippen LogP contribution in [0, 0.1) is 5.82 Å². The second kappa shape index (κ2) is 9.63. The van der Waals surface area contributed by atoms with Crippen LogP contribution in [0.1, 0.15) is 69.8 Å². The number of hydrogen-bond acceptors (Lipinski definition) is 3. The monoisotopic (exact) mass is 414 g/mol. The van der Waals surface area contributed by atoms with Gasteiger partial charge in [0.05, 0.1) is 6.04 Å². The fraction of sp³-hybridized carbons (Fsp3) is 0.583. The molecule has 0 spiro atoms. The smallest absolute Gasteiger partial charge is 0.289 e. The Labute approximate surface area is 177 Å². The maximum absolute atomic E-state index is 14.1. The summed E-state index contributed by atoms with van der Waals surface area (Å²) in [4.78, 5) is 27.7. The number of rotatable bonds is 4. The standard InChI is InChI=1S/C24H31FN2O3/c25-19-12-6-5-9-17(19)15-22-24(29)27(20-13-7-8-14-21(20)30-22)16-23(28)26-18-10-3-1-2-4-11-18/h5-6,9,12,15,18,20-21H,1-4,7-8,10-11,13-14,16H2,(H,26,28)/b22-15-. The zero-order chi connectivity index (χ0) is 20.9. The van der Waals surface area contributed by atoms with Gasteiger partial charge in [-0.3, -0.25) is 9.59 Å². The van der Waals surface area contributed by atoms with E-state index in [4.69, 9.17) is 4.74 Å². The van der Waals surface area contributed by atoms with Gasteiger partial charge in [-0.25, -0.2) is 4.39 Å². The lowest BCUT2D eigenvalue weighted by Crippen LogP contribution is -2.57. The van der Waals surface area contributed by atoms with Crippen LogP contribution in [0.25, 0.3) is 6.08 Å². The molecule has 2 unspecified atom stereocenters. The summed E-state index contributed by atoms with van der Waals surface area (Å²) in [7, 11) is 0. The van der Waals surface area contributed by atoms with E-state index in [-0.39, 0.29) is 42.3 Å². The molecule has 3 fully saturated rings. The van der Waals surface area contributed by atoms with Crippen molar-refractivity contribution in [3.63, 3.8) is 0 Å². The average Bonchev–Trinajstić information content (AvgIpc) is 3.01. The predicted octanol–water partition coefficient (Wildman–Crippen LogP) is 4.18. The highest BCUT2D eigenvalue weighted by Gasteiger charge is 2.42. The first kappa shape index (κ1) is 20.9. The van der Waals surface area contributed by atoms with Crippen LogP contribution in [0.4, 0.5) is 4.39 Å². The van der Waals surface area contributed by atoms with Crippen molar-refractivity contribution in [3.05, 3.63) is 41.4 Å². The topological polar surface area (TPSA) is 58.6 Å². The molecule has 1 N–H and O–H groups in total. The molecule has 3 aliphatic rings. The average molecular weight is 415 g/mol. The Hall–Kier alpha value is -2.37. The van der Waals surface area contributed by atoms with E-state index in [1.165, 1.54) is 25.0 Å². The molecular formula is C24H31FN2O3. The van der Waals surface area contributed by atoms with Gasteiger partial charge in [-0.15, -0.1) is 0 Å². The van der Waals surface area contributed by atoms with Crippen molar-refractivity contribution in [2.75, 3.05) is 6.54 Å². The van der Waals surface area contributed by atoms with Crippen LogP contribution in [0.3, 0.4) is 0 Å². The van der Waals surface area contributed by atoms with Gasteiger partial charge in [0.2, 0.25) is 5.91 Å². The van der Waals surface area contributed by atoms with Crippen LogP contribution in [0.5, 0.6) is 0 Å². The zero-order valence-electron chi connectivity index (χ0n) is 17.4. The highest BCUT2D eigenvalue weighted by molar-refractivity contribution is 5.98. The second-order valence-electron chi connectivity index (χ2n) is 8.73. The molecule has 1 aliphatic heterocycles. The number of amides is 2. The number of nitrogens with one attached hydrogen (secondary N) is 1. The molecule has 1 aromatic carbocycles. The van der Waals surface area contributed by atoms with Crippen molar-refractivity contribution in [3.8, 4) is 0 Å². The highest BCUT2D eigenvalue weighted by atomic mass is 19.1. The van der Waals surface area contributed by atoms with Crippen molar-refractivity contribution in [1.29, 1.82) is 0 Å². The summed E-state index contributed by atoms with van der Waals surface area (Å²) in [5, 5.41) is 3.14. The second-order valence-corrected chi connectivity index (χ2v) is 8.73. The SMILES string of the molecule is O=C(CN1C(=O)/C(=C/c2ccccc2F)OC2CCCCC21)NC1CCCCCC1. The molecular weight excluding hydrogens is 383 g/mol. The first-order valence-electron chi connectivity index (χ1n) is 11.3. The van der Waals surface area contributed by atoms with E-state index < -0.39 is 5.82 Å². The van der Waals surface area contributed by atoms with Crippen molar-refractivity contribution >= 4 is 17.9 Å². The number of halogens is 1. The molecule has 30 heavy (non-hydrogen) atoms. The maximum Gasteiger partial charge on any atom is 0.289 e. The molecule has 2 aliphatic carbocycles. The minimum atomic E-state index is -0.398. The third kappa shape index (κ3) is 4.85. The van der Waals surface area contributed by atoms with E-state index >= 15 is 0 Å². The van der Waals surface area contributed by atoms with Gasteiger partial charge < -0.3 is 15.0 Å². The van der Waals surface area contributed by atoms with Crippen molar-refractivity contribution in [2.45, 2.75) is 82.4 Å². The Balaban J connectivity index is 1.51. The lowest BCUT2D eigenvalue weighted by Gasteiger charge is -2.44. The molecule has 1 saturated heterocycles. The summed E-state index contributed by atoms with van der Waals surface area (Å²) in [5.41, 5.74) is 0.318. The Morgan fingerprint density at radius 1 is 1.07 bits per heavy atom. The van der Waals surface area contributed by atoms with E-state index in [1.54, 1.807) is 23.1 Å².